The number of rotatable bonds is 3. The van der Waals surface area contributed by atoms with Gasteiger partial charge in [-0.2, -0.15) is 5.10 Å². The lowest BCUT2D eigenvalue weighted by atomic mass is 10.1. The number of hydrogen-bond donors (Lipinski definition) is 2. The van der Waals surface area contributed by atoms with E-state index in [-0.39, 0.29) is 29.5 Å². The maximum atomic E-state index is 5.86. The molecule has 114 valence electrons. The molecule has 0 aliphatic heterocycles. The standard InChI is InChI=1S/C14H20N6.HI/c1-14(2,3)20-12(17-10-18-20)9-16-13(15)19-11-7-5-4-6-8-11;/h4-8,10H,9H2,1-3H3,(H3,15,16,19);1H. The number of nitrogens with one attached hydrogen (secondary N) is 1. The molecule has 0 fully saturated rings. The van der Waals surface area contributed by atoms with Gasteiger partial charge in [-0.15, -0.1) is 24.0 Å². The summed E-state index contributed by atoms with van der Waals surface area (Å²) < 4.78 is 1.85. The zero-order valence-corrected chi connectivity index (χ0v) is 14.8. The van der Waals surface area contributed by atoms with Gasteiger partial charge in [0.15, 0.2) is 5.96 Å². The fraction of sp³-hybridized carbons (Fsp3) is 0.357. The summed E-state index contributed by atoms with van der Waals surface area (Å²) >= 11 is 0. The predicted molar refractivity (Wildman–Crippen MR) is 95.8 cm³/mol. The fourth-order valence-corrected chi connectivity index (χ4v) is 1.80. The number of para-hydroxylation sites is 1. The number of benzene rings is 1. The van der Waals surface area contributed by atoms with Crippen LogP contribution in [0.3, 0.4) is 0 Å². The Kier molecular flexibility index (Phi) is 6.13. The lowest BCUT2D eigenvalue weighted by molar-refractivity contribution is 0.342. The normalized spacial score (nSPS) is 11.9. The van der Waals surface area contributed by atoms with Crippen molar-refractivity contribution in [2.75, 3.05) is 5.32 Å². The molecule has 0 saturated heterocycles. The van der Waals surface area contributed by atoms with Gasteiger partial charge in [0, 0.05) is 5.69 Å². The highest BCUT2D eigenvalue weighted by atomic mass is 127. The molecule has 6 nitrogen and oxygen atoms in total. The highest BCUT2D eigenvalue weighted by Crippen LogP contribution is 2.14. The van der Waals surface area contributed by atoms with Crippen LogP contribution in [-0.4, -0.2) is 20.7 Å². The molecule has 0 amide bonds. The van der Waals surface area contributed by atoms with Gasteiger partial charge in [0.25, 0.3) is 0 Å². The Morgan fingerprint density at radius 3 is 2.57 bits per heavy atom. The Bertz CT molecular complexity index is 585. The third kappa shape index (κ3) is 5.00. The minimum atomic E-state index is -0.122. The molecule has 1 heterocycles. The summed E-state index contributed by atoms with van der Waals surface area (Å²) in [6, 6.07) is 9.68. The summed E-state index contributed by atoms with van der Waals surface area (Å²) in [7, 11) is 0. The van der Waals surface area contributed by atoms with Gasteiger partial charge >= 0.3 is 0 Å². The van der Waals surface area contributed by atoms with Crippen molar-refractivity contribution in [1.82, 2.24) is 14.8 Å². The van der Waals surface area contributed by atoms with E-state index < -0.39 is 0 Å². The van der Waals surface area contributed by atoms with Crippen LogP contribution in [0.1, 0.15) is 26.6 Å². The van der Waals surface area contributed by atoms with Gasteiger partial charge in [-0.05, 0) is 32.9 Å². The maximum absolute atomic E-state index is 5.86. The van der Waals surface area contributed by atoms with Gasteiger partial charge in [-0.3, -0.25) is 0 Å². The Balaban J connectivity index is 0.00000220. The molecule has 0 saturated carbocycles. The number of guanidine groups is 1. The first-order valence-corrected chi connectivity index (χ1v) is 6.48. The second-order valence-electron chi connectivity index (χ2n) is 5.45. The van der Waals surface area contributed by atoms with Crippen molar-refractivity contribution in [2.24, 2.45) is 10.7 Å². The minimum absolute atomic E-state index is 0. The molecule has 7 heteroatoms. The maximum Gasteiger partial charge on any atom is 0.193 e. The van der Waals surface area contributed by atoms with Crippen LogP contribution < -0.4 is 11.1 Å². The van der Waals surface area contributed by atoms with Crippen molar-refractivity contribution in [3.05, 3.63) is 42.5 Å². The van der Waals surface area contributed by atoms with Crippen LogP contribution in [0.5, 0.6) is 0 Å². The SMILES string of the molecule is CC(C)(C)n1ncnc1CN=C(N)Nc1ccccc1.I. The van der Waals surface area contributed by atoms with Crippen LogP contribution in [0.25, 0.3) is 0 Å². The van der Waals surface area contributed by atoms with Crippen LogP contribution in [-0.2, 0) is 12.1 Å². The lowest BCUT2D eigenvalue weighted by Gasteiger charge is -2.20. The number of nitrogens with zero attached hydrogens (tertiary/aromatic N) is 4. The first-order chi connectivity index (χ1) is 9.47. The van der Waals surface area contributed by atoms with E-state index in [0.717, 1.165) is 11.5 Å². The number of aliphatic imine (C=N–C) groups is 1. The van der Waals surface area contributed by atoms with E-state index in [9.17, 15) is 0 Å². The van der Waals surface area contributed by atoms with Crippen LogP contribution in [0.4, 0.5) is 5.69 Å². The van der Waals surface area contributed by atoms with E-state index in [0.29, 0.717) is 12.5 Å². The fourth-order valence-electron chi connectivity index (χ4n) is 1.80. The molecule has 0 aliphatic rings. The van der Waals surface area contributed by atoms with Gasteiger partial charge in [-0.1, -0.05) is 18.2 Å². The molecule has 0 radical (unpaired) electrons. The predicted octanol–water partition coefficient (Wildman–Crippen LogP) is 2.58. The van der Waals surface area contributed by atoms with Gasteiger partial charge in [0.05, 0.1) is 5.54 Å². The summed E-state index contributed by atoms with van der Waals surface area (Å²) in [4.78, 5) is 8.52. The van der Waals surface area contributed by atoms with Gasteiger partial charge in [0.2, 0.25) is 0 Å². The summed E-state index contributed by atoms with van der Waals surface area (Å²) in [6.07, 6.45) is 1.54. The first-order valence-electron chi connectivity index (χ1n) is 6.48. The van der Waals surface area contributed by atoms with Crippen molar-refractivity contribution in [2.45, 2.75) is 32.9 Å². The molecule has 1 aromatic carbocycles. The number of nitrogens with two attached hydrogens (primary N) is 1. The second kappa shape index (κ2) is 7.39. The molecular formula is C14H21IN6. The zero-order chi connectivity index (χ0) is 14.6. The van der Waals surface area contributed by atoms with Gasteiger partial charge in [0.1, 0.15) is 18.7 Å². The number of aromatic nitrogens is 3. The van der Waals surface area contributed by atoms with Crippen molar-refractivity contribution in [3.8, 4) is 0 Å². The molecule has 0 atom stereocenters. The Morgan fingerprint density at radius 2 is 1.95 bits per heavy atom. The van der Waals surface area contributed by atoms with E-state index in [1.54, 1.807) is 0 Å². The van der Waals surface area contributed by atoms with Crippen LogP contribution in [0.15, 0.2) is 41.7 Å². The van der Waals surface area contributed by atoms with Crippen molar-refractivity contribution in [3.63, 3.8) is 0 Å². The molecule has 2 rings (SSSR count). The van der Waals surface area contributed by atoms with Crippen LogP contribution in [0, 0.1) is 0 Å². The first kappa shape index (κ1) is 17.4. The lowest BCUT2D eigenvalue weighted by Crippen LogP contribution is -2.26. The molecule has 1 aromatic heterocycles. The largest absolute Gasteiger partial charge is 0.370 e. The Morgan fingerprint density at radius 1 is 1.29 bits per heavy atom. The number of halogens is 1. The van der Waals surface area contributed by atoms with E-state index in [4.69, 9.17) is 5.73 Å². The third-order valence-electron chi connectivity index (χ3n) is 2.69. The summed E-state index contributed by atoms with van der Waals surface area (Å²) in [6.45, 7) is 6.60. The van der Waals surface area contributed by atoms with E-state index in [2.05, 4.69) is 41.2 Å². The molecule has 0 bridgehead atoms. The molecule has 0 aliphatic carbocycles. The Labute approximate surface area is 141 Å². The van der Waals surface area contributed by atoms with E-state index in [1.165, 1.54) is 6.33 Å². The van der Waals surface area contributed by atoms with E-state index in [1.807, 2.05) is 35.0 Å². The van der Waals surface area contributed by atoms with Crippen molar-refractivity contribution in [1.29, 1.82) is 0 Å². The second-order valence-corrected chi connectivity index (χ2v) is 5.45. The molecule has 0 unspecified atom stereocenters. The highest BCUT2D eigenvalue weighted by Gasteiger charge is 2.17. The third-order valence-corrected chi connectivity index (χ3v) is 2.69. The average molecular weight is 400 g/mol. The summed E-state index contributed by atoms with van der Waals surface area (Å²) in [5.41, 5.74) is 6.65. The molecule has 21 heavy (non-hydrogen) atoms. The molecular weight excluding hydrogens is 379 g/mol. The van der Waals surface area contributed by atoms with Crippen LogP contribution in [0.2, 0.25) is 0 Å². The van der Waals surface area contributed by atoms with Crippen molar-refractivity contribution < 1.29 is 0 Å². The van der Waals surface area contributed by atoms with Gasteiger partial charge in [-0.25, -0.2) is 14.7 Å². The van der Waals surface area contributed by atoms with Crippen LogP contribution >= 0.6 is 24.0 Å². The monoisotopic (exact) mass is 400 g/mol. The zero-order valence-electron chi connectivity index (χ0n) is 12.4. The minimum Gasteiger partial charge on any atom is -0.370 e. The topological polar surface area (TPSA) is 81.1 Å². The number of hydrogen-bond acceptors (Lipinski definition) is 3. The molecule has 3 N–H and O–H groups in total. The summed E-state index contributed by atoms with van der Waals surface area (Å²) in [5.74, 6) is 1.15. The van der Waals surface area contributed by atoms with Gasteiger partial charge < -0.3 is 11.1 Å². The smallest absolute Gasteiger partial charge is 0.193 e. The number of anilines is 1. The molecule has 2 aromatic rings. The molecule has 0 spiro atoms. The van der Waals surface area contributed by atoms with Crippen molar-refractivity contribution >= 4 is 35.6 Å². The van der Waals surface area contributed by atoms with E-state index >= 15 is 0 Å². The summed E-state index contributed by atoms with van der Waals surface area (Å²) in [5, 5.41) is 7.26. The quantitative estimate of drug-likeness (QED) is 0.472. The Hall–Kier alpha value is -1.64. The highest BCUT2D eigenvalue weighted by molar-refractivity contribution is 14.0. The average Bonchev–Trinajstić information content (AvgIpc) is 2.86.